The van der Waals surface area contributed by atoms with Gasteiger partial charge in [0.2, 0.25) is 0 Å². The van der Waals surface area contributed by atoms with Crippen LogP contribution >= 0.6 is 11.8 Å². The molecular weight excluding hydrogens is 368 g/mol. The Morgan fingerprint density at radius 1 is 1.15 bits per heavy atom. The lowest BCUT2D eigenvalue weighted by Crippen LogP contribution is -2.38. The Hall–Kier alpha value is -2.16. The predicted molar refractivity (Wildman–Crippen MR) is 105 cm³/mol. The summed E-state index contributed by atoms with van der Waals surface area (Å²) in [6.45, 7) is 8.23. The Morgan fingerprint density at radius 2 is 1.81 bits per heavy atom. The molecule has 0 saturated carbocycles. The van der Waals surface area contributed by atoms with Gasteiger partial charge in [-0.15, -0.1) is 0 Å². The molecule has 2 rings (SSSR count). The number of fused-ring (bicyclic) bond motifs is 1. The van der Waals surface area contributed by atoms with E-state index in [1.165, 1.54) is 11.6 Å². The van der Waals surface area contributed by atoms with Crippen molar-refractivity contribution >= 4 is 28.8 Å². The van der Waals surface area contributed by atoms with E-state index in [1.54, 1.807) is 7.05 Å². The summed E-state index contributed by atoms with van der Waals surface area (Å²) < 4.78 is 7.52. The van der Waals surface area contributed by atoms with Crippen LogP contribution < -0.4 is 11.2 Å². The molecule has 2 aromatic rings. The summed E-state index contributed by atoms with van der Waals surface area (Å²) in [5, 5.41) is 0.618. The first-order valence-corrected chi connectivity index (χ1v) is 9.83. The fourth-order valence-corrected chi connectivity index (χ4v) is 3.18. The molecule has 0 unspecified atom stereocenters. The van der Waals surface area contributed by atoms with Crippen LogP contribution in [-0.2, 0) is 29.0 Å². The highest BCUT2D eigenvalue weighted by Crippen LogP contribution is 2.27. The normalized spacial score (nSPS) is 11.8. The topological polar surface area (TPSA) is 96.1 Å². The Bertz CT molecular complexity index is 972. The van der Waals surface area contributed by atoms with Gasteiger partial charge in [-0.3, -0.25) is 18.7 Å². The Labute approximate surface area is 162 Å². The lowest BCUT2D eigenvalue weighted by Gasteiger charge is -2.19. The van der Waals surface area contributed by atoms with Crippen LogP contribution in [0.3, 0.4) is 0 Å². The molecule has 0 bridgehead atoms. The van der Waals surface area contributed by atoms with Crippen LogP contribution in [0, 0.1) is 0 Å². The first-order chi connectivity index (χ1) is 12.6. The van der Waals surface area contributed by atoms with Crippen molar-refractivity contribution in [3.05, 3.63) is 26.7 Å². The lowest BCUT2D eigenvalue weighted by atomic mass is 9.96. The van der Waals surface area contributed by atoms with Gasteiger partial charge < -0.3 is 4.74 Å². The zero-order chi connectivity index (χ0) is 20.4. The van der Waals surface area contributed by atoms with Gasteiger partial charge in [-0.25, -0.2) is 14.8 Å². The Kier molecular flexibility index (Phi) is 6.46. The Balaban J connectivity index is 2.54. The SMILES string of the molecule is CCCCOC(=O)CSc1nc(C(C)(C)C)nc2c1c(=O)n(C)c(=O)n2C. The van der Waals surface area contributed by atoms with Gasteiger partial charge in [-0.1, -0.05) is 45.9 Å². The number of hydrogen-bond acceptors (Lipinski definition) is 7. The van der Waals surface area contributed by atoms with Crippen LogP contribution in [-0.4, -0.2) is 37.4 Å². The van der Waals surface area contributed by atoms with Crippen LogP contribution in [0.1, 0.15) is 46.4 Å². The average molecular weight is 394 g/mol. The molecule has 0 fully saturated rings. The van der Waals surface area contributed by atoms with Crippen LogP contribution in [0.5, 0.6) is 0 Å². The number of aromatic nitrogens is 4. The smallest absolute Gasteiger partial charge is 0.332 e. The summed E-state index contributed by atoms with van der Waals surface area (Å²) in [6, 6.07) is 0. The first kappa shape index (κ1) is 21.1. The molecule has 0 N–H and O–H groups in total. The minimum Gasteiger partial charge on any atom is -0.465 e. The van der Waals surface area contributed by atoms with Crippen molar-refractivity contribution in [2.45, 2.75) is 51.0 Å². The number of unbranched alkanes of at least 4 members (excludes halogenated alkanes) is 1. The van der Waals surface area contributed by atoms with Gasteiger partial charge in [0.15, 0.2) is 5.65 Å². The van der Waals surface area contributed by atoms with E-state index in [-0.39, 0.29) is 28.2 Å². The summed E-state index contributed by atoms with van der Waals surface area (Å²) in [4.78, 5) is 45.9. The minimum absolute atomic E-state index is 0.0331. The molecule has 0 radical (unpaired) electrons. The molecule has 8 nitrogen and oxygen atoms in total. The van der Waals surface area contributed by atoms with E-state index < -0.39 is 11.2 Å². The number of hydrogen-bond donors (Lipinski definition) is 0. The molecular formula is C18H26N4O4S. The fraction of sp³-hybridized carbons (Fsp3) is 0.611. The standard InChI is InChI=1S/C18H26N4O4S/c1-7-8-9-26-11(23)10-27-14-12-13(19-16(20-14)18(2,3)4)21(5)17(25)22(6)15(12)24/h7-10H2,1-6H3. The highest BCUT2D eigenvalue weighted by Gasteiger charge is 2.24. The lowest BCUT2D eigenvalue weighted by molar-refractivity contribution is -0.140. The molecule has 0 spiro atoms. The highest BCUT2D eigenvalue weighted by atomic mass is 32.2. The molecule has 0 aliphatic heterocycles. The summed E-state index contributed by atoms with van der Waals surface area (Å²) in [6.07, 6.45) is 1.75. The van der Waals surface area contributed by atoms with Gasteiger partial charge in [0.1, 0.15) is 16.2 Å². The van der Waals surface area contributed by atoms with Gasteiger partial charge in [-0.2, -0.15) is 0 Å². The molecule has 0 aliphatic carbocycles. The molecule has 0 aromatic carbocycles. The molecule has 27 heavy (non-hydrogen) atoms. The average Bonchev–Trinajstić information content (AvgIpc) is 2.61. The molecule has 0 saturated heterocycles. The summed E-state index contributed by atoms with van der Waals surface area (Å²) in [5.74, 6) is 0.171. The van der Waals surface area contributed by atoms with E-state index in [0.29, 0.717) is 17.5 Å². The second-order valence-electron chi connectivity index (χ2n) is 7.37. The van der Waals surface area contributed by atoms with Crippen LogP contribution in [0.15, 0.2) is 14.6 Å². The molecule has 0 amide bonds. The van der Waals surface area contributed by atoms with Gasteiger partial charge >= 0.3 is 11.7 Å². The number of ether oxygens (including phenoxy) is 1. The monoisotopic (exact) mass is 394 g/mol. The van der Waals surface area contributed by atoms with Crippen molar-refractivity contribution in [2.24, 2.45) is 14.1 Å². The van der Waals surface area contributed by atoms with Crippen LogP contribution in [0.25, 0.3) is 11.0 Å². The zero-order valence-corrected chi connectivity index (χ0v) is 17.5. The quantitative estimate of drug-likeness (QED) is 0.319. The summed E-state index contributed by atoms with van der Waals surface area (Å²) in [7, 11) is 2.98. The number of carbonyl (C=O) groups excluding carboxylic acids is 1. The van der Waals surface area contributed by atoms with E-state index in [2.05, 4.69) is 9.97 Å². The third kappa shape index (κ3) is 4.58. The van der Waals surface area contributed by atoms with Crippen molar-refractivity contribution < 1.29 is 9.53 Å². The van der Waals surface area contributed by atoms with E-state index in [4.69, 9.17) is 4.74 Å². The number of esters is 1. The number of carbonyl (C=O) groups is 1. The number of nitrogens with zero attached hydrogens (tertiary/aromatic N) is 4. The van der Waals surface area contributed by atoms with Crippen LogP contribution in [0.4, 0.5) is 0 Å². The van der Waals surface area contributed by atoms with Crippen molar-refractivity contribution in [1.82, 2.24) is 19.1 Å². The third-order valence-corrected chi connectivity index (χ3v) is 4.97. The van der Waals surface area contributed by atoms with Gasteiger partial charge in [0.25, 0.3) is 5.56 Å². The fourth-order valence-electron chi connectivity index (χ4n) is 2.37. The van der Waals surface area contributed by atoms with Gasteiger partial charge in [-0.05, 0) is 6.42 Å². The summed E-state index contributed by atoms with van der Waals surface area (Å²) in [5.41, 5.74) is -1.05. The van der Waals surface area contributed by atoms with Crippen molar-refractivity contribution in [3.63, 3.8) is 0 Å². The molecule has 2 heterocycles. The van der Waals surface area contributed by atoms with Crippen molar-refractivity contribution in [1.29, 1.82) is 0 Å². The number of rotatable bonds is 6. The van der Waals surface area contributed by atoms with Crippen LogP contribution in [0.2, 0.25) is 0 Å². The van der Waals surface area contributed by atoms with E-state index in [1.807, 2.05) is 27.7 Å². The molecule has 0 atom stereocenters. The maximum atomic E-state index is 12.7. The number of thioether (sulfide) groups is 1. The maximum absolute atomic E-state index is 12.7. The molecule has 2 aromatic heterocycles. The third-order valence-electron chi connectivity index (χ3n) is 4.03. The highest BCUT2D eigenvalue weighted by molar-refractivity contribution is 8.00. The van der Waals surface area contributed by atoms with Gasteiger partial charge in [0, 0.05) is 19.5 Å². The molecule has 0 aliphatic rings. The largest absolute Gasteiger partial charge is 0.465 e. The Morgan fingerprint density at radius 3 is 2.41 bits per heavy atom. The maximum Gasteiger partial charge on any atom is 0.332 e. The minimum atomic E-state index is -0.476. The van der Waals surface area contributed by atoms with E-state index in [9.17, 15) is 14.4 Å². The van der Waals surface area contributed by atoms with Crippen molar-refractivity contribution in [3.8, 4) is 0 Å². The zero-order valence-electron chi connectivity index (χ0n) is 16.7. The van der Waals surface area contributed by atoms with Crippen molar-refractivity contribution in [2.75, 3.05) is 12.4 Å². The summed E-state index contributed by atoms with van der Waals surface area (Å²) >= 11 is 1.13. The van der Waals surface area contributed by atoms with Gasteiger partial charge in [0.05, 0.1) is 12.4 Å². The number of aryl methyl sites for hydroxylation is 1. The molecule has 9 heteroatoms. The predicted octanol–water partition coefficient (Wildman–Crippen LogP) is 1.76. The second-order valence-corrected chi connectivity index (χ2v) is 8.33. The second kappa shape index (κ2) is 8.24. The molecule has 148 valence electrons. The van der Waals surface area contributed by atoms with E-state index in [0.717, 1.165) is 29.2 Å². The van der Waals surface area contributed by atoms with E-state index >= 15 is 0 Å². The first-order valence-electron chi connectivity index (χ1n) is 8.84.